The van der Waals surface area contributed by atoms with Crippen LogP contribution in [0.2, 0.25) is 0 Å². The Kier molecular flexibility index (Phi) is 6.03. The van der Waals surface area contributed by atoms with Crippen molar-refractivity contribution in [2.45, 2.75) is 51.7 Å². The molecule has 0 heterocycles. The average Bonchev–Trinajstić information content (AvgIpc) is 2.13. The Bertz CT molecular complexity index is 314. The van der Waals surface area contributed by atoms with E-state index in [9.17, 15) is 9.59 Å². The molecule has 1 amide bonds. The average molecular weight is 242 g/mol. The maximum absolute atomic E-state index is 11.3. The number of carbonyl (C=O) groups excluding carboxylic acids is 1. The third-order valence-electron chi connectivity index (χ3n) is 1.77. The number of unbranched alkanes of at least 4 members (excludes halogenated alkanes) is 1. The zero-order chi connectivity index (χ0) is 13.5. The highest BCUT2D eigenvalue weighted by Gasteiger charge is 2.23. The maximum Gasteiger partial charge on any atom is 0.408 e. The highest BCUT2D eigenvalue weighted by atomic mass is 16.6. The second kappa shape index (κ2) is 6.74. The third kappa shape index (κ3) is 8.08. The van der Waals surface area contributed by atoms with Crippen molar-refractivity contribution in [2.75, 3.05) is 0 Å². The van der Waals surface area contributed by atoms with Gasteiger partial charge in [-0.25, -0.2) is 9.59 Å². The predicted molar refractivity (Wildman–Crippen MR) is 60.3 cm³/mol. The van der Waals surface area contributed by atoms with Crippen molar-refractivity contribution in [3.05, 3.63) is 0 Å². The quantitative estimate of drug-likeness (QED) is 0.714. The van der Waals surface area contributed by atoms with Gasteiger partial charge in [-0.2, -0.15) is 5.26 Å². The van der Waals surface area contributed by atoms with Crippen LogP contribution in [0.15, 0.2) is 0 Å². The molecule has 0 aliphatic carbocycles. The monoisotopic (exact) mass is 242 g/mol. The van der Waals surface area contributed by atoms with Crippen molar-refractivity contribution >= 4 is 12.1 Å². The summed E-state index contributed by atoms with van der Waals surface area (Å²) in [7, 11) is 0. The number of amides is 1. The number of hydrogen-bond donors (Lipinski definition) is 2. The molecule has 0 rings (SSSR count). The van der Waals surface area contributed by atoms with E-state index in [0.29, 0.717) is 6.42 Å². The second-order valence-corrected chi connectivity index (χ2v) is 4.59. The fourth-order valence-corrected chi connectivity index (χ4v) is 1.09. The first-order chi connectivity index (χ1) is 7.76. The smallest absolute Gasteiger partial charge is 0.408 e. The third-order valence-corrected chi connectivity index (χ3v) is 1.77. The molecule has 0 radical (unpaired) electrons. The van der Waals surface area contributed by atoms with E-state index in [1.54, 1.807) is 20.8 Å². The van der Waals surface area contributed by atoms with Crippen LogP contribution >= 0.6 is 0 Å². The molecular formula is C11H18N2O4. The van der Waals surface area contributed by atoms with Crippen LogP contribution in [0.5, 0.6) is 0 Å². The van der Waals surface area contributed by atoms with Gasteiger partial charge in [0.25, 0.3) is 0 Å². The number of carbonyl (C=O) groups is 2. The van der Waals surface area contributed by atoms with E-state index < -0.39 is 23.7 Å². The number of hydrogen-bond acceptors (Lipinski definition) is 4. The van der Waals surface area contributed by atoms with Crippen molar-refractivity contribution in [3.8, 4) is 6.07 Å². The molecule has 1 atom stereocenters. The molecule has 0 saturated heterocycles. The van der Waals surface area contributed by atoms with Crippen molar-refractivity contribution in [1.82, 2.24) is 5.32 Å². The molecule has 0 saturated carbocycles. The molecule has 2 N–H and O–H groups in total. The first-order valence-corrected chi connectivity index (χ1v) is 5.35. The lowest BCUT2D eigenvalue weighted by Gasteiger charge is -2.21. The van der Waals surface area contributed by atoms with Gasteiger partial charge >= 0.3 is 12.1 Å². The molecule has 0 fully saturated rings. The van der Waals surface area contributed by atoms with E-state index in [1.807, 2.05) is 6.07 Å². The van der Waals surface area contributed by atoms with E-state index in [1.165, 1.54) is 0 Å². The highest BCUT2D eigenvalue weighted by molar-refractivity contribution is 5.79. The molecule has 0 aliphatic heterocycles. The summed E-state index contributed by atoms with van der Waals surface area (Å²) < 4.78 is 4.95. The van der Waals surface area contributed by atoms with Gasteiger partial charge in [-0.3, -0.25) is 0 Å². The van der Waals surface area contributed by atoms with Gasteiger partial charge in [-0.05, 0) is 33.6 Å². The largest absolute Gasteiger partial charge is 0.480 e. The summed E-state index contributed by atoms with van der Waals surface area (Å²) in [6.07, 6.45) is 0.132. The van der Waals surface area contributed by atoms with Crippen LogP contribution < -0.4 is 5.32 Å². The molecule has 0 aromatic rings. The highest BCUT2D eigenvalue weighted by Crippen LogP contribution is 2.08. The number of carboxylic acid groups (broad SMARTS) is 1. The van der Waals surface area contributed by atoms with Crippen molar-refractivity contribution in [3.63, 3.8) is 0 Å². The molecule has 0 bridgehead atoms. The van der Waals surface area contributed by atoms with Crippen molar-refractivity contribution < 1.29 is 19.4 Å². The molecule has 6 nitrogen and oxygen atoms in total. The van der Waals surface area contributed by atoms with Gasteiger partial charge in [0.15, 0.2) is 0 Å². The van der Waals surface area contributed by atoms with Gasteiger partial charge in [-0.15, -0.1) is 0 Å². The van der Waals surface area contributed by atoms with E-state index in [0.717, 1.165) is 0 Å². The fourth-order valence-electron chi connectivity index (χ4n) is 1.09. The van der Waals surface area contributed by atoms with Crippen LogP contribution in [0.4, 0.5) is 4.79 Å². The maximum atomic E-state index is 11.3. The SMILES string of the molecule is CC(C)(C)OC(=O)NC(CCCC#N)C(=O)O. The summed E-state index contributed by atoms with van der Waals surface area (Å²) >= 11 is 0. The Morgan fingerprint density at radius 2 is 2.06 bits per heavy atom. The van der Waals surface area contributed by atoms with E-state index in [4.69, 9.17) is 15.1 Å². The number of carboxylic acids is 1. The van der Waals surface area contributed by atoms with Gasteiger partial charge < -0.3 is 15.2 Å². The normalized spacial score (nSPS) is 12.4. The van der Waals surface area contributed by atoms with Crippen LogP contribution in [0, 0.1) is 11.3 Å². The second-order valence-electron chi connectivity index (χ2n) is 4.59. The van der Waals surface area contributed by atoms with Crippen LogP contribution in [-0.4, -0.2) is 28.8 Å². The molecule has 96 valence electrons. The van der Waals surface area contributed by atoms with Gasteiger partial charge in [-0.1, -0.05) is 0 Å². The topological polar surface area (TPSA) is 99.4 Å². The Labute approximate surface area is 101 Å². The Balaban J connectivity index is 4.22. The Hall–Kier alpha value is -1.77. The fraction of sp³-hybridized carbons (Fsp3) is 0.727. The molecule has 1 unspecified atom stereocenters. The number of nitrogens with one attached hydrogen (secondary N) is 1. The summed E-state index contributed by atoms with van der Waals surface area (Å²) in [5.41, 5.74) is -0.667. The van der Waals surface area contributed by atoms with E-state index in [2.05, 4.69) is 5.32 Å². The standard InChI is InChI=1S/C11H18N2O4/c1-11(2,3)17-10(16)13-8(9(14)15)6-4-5-7-12/h8H,4-6H2,1-3H3,(H,13,16)(H,14,15). The van der Waals surface area contributed by atoms with Gasteiger partial charge in [0.1, 0.15) is 11.6 Å². The minimum absolute atomic E-state index is 0.210. The predicted octanol–water partition coefficient (Wildman–Crippen LogP) is 1.66. The van der Waals surface area contributed by atoms with Crippen LogP contribution in [0.3, 0.4) is 0 Å². The van der Waals surface area contributed by atoms with Crippen LogP contribution in [0.1, 0.15) is 40.0 Å². The first-order valence-electron chi connectivity index (χ1n) is 5.35. The molecule has 6 heteroatoms. The number of rotatable bonds is 5. The summed E-state index contributed by atoms with van der Waals surface area (Å²) in [4.78, 5) is 22.2. The Morgan fingerprint density at radius 3 is 2.47 bits per heavy atom. The minimum Gasteiger partial charge on any atom is -0.480 e. The molecule has 17 heavy (non-hydrogen) atoms. The van der Waals surface area contributed by atoms with E-state index in [-0.39, 0.29) is 12.8 Å². The van der Waals surface area contributed by atoms with Crippen LogP contribution in [0.25, 0.3) is 0 Å². The Morgan fingerprint density at radius 1 is 1.47 bits per heavy atom. The number of alkyl carbamates (subject to hydrolysis) is 1. The molecule has 0 spiro atoms. The summed E-state index contributed by atoms with van der Waals surface area (Å²) in [5, 5.41) is 19.5. The molecule has 0 aliphatic rings. The minimum atomic E-state index is -1.13. The zero-order valence-electron chi connectivity index (χ0n) is 10.3. The van der Waals surface area contributed by atoms with E-state index >= 15 is 0 Å². The number of ether oxygens (including phenoxy) is 1. The van der Waals surface area contributed by atoms with Crippen molar-refractivity contribution in [1.29, 1.82) is 5.26 Å². The molecule has 0 aromatic carbocycles. The zero-order valence-corrected chi connectivity index (χ0v) is 10.3. The number of nitriles is 1. The summed E-state index contributed by atoms with van der Waals surface area (Å²) in [6, 6.07) is 0.901. The molecule has 0 aromatic heterocycles. The lowest BCUT2D eigenvalue weighted by molar-refractivity contribution is -0.139. The number of nitrogens with zero attached hydrogens (tertiary/aromatic N) is 1. The first kappa shape index (κ1) is 15.2. The van der Waals surface area contributed by atoms with Gasteiger partial charge in [0.2, 0.25) is 0 Å². The van der Waals surface area contributed by atoms with Gasteiger partial charge in [0, 0.05) is 6.42 Å². The molecular weight excluding hydrogens is 224 g/mol. The van der Waals surface area contributed by atoms with Crippen LogP contribution in [-0.2, 0) is 9.53 Å². The summed E-state index contributed by atoms with van der Waals surface area (Å²) in [5.74, 6) is -1.13. The lowest BCUT2D eigenvalue weighted by Crippen LogP contribution is -2.43. The lowest BCUT2D eigenvalue weighted by atomic mass is 10.1. The summed E-state index contributed by atoms with van der Waals surface area (Å²) in [6.45, 7) is 5.08. The number of aliphatic carboxylic acids is 1. The van der Waals surface area contributed by atoms with Crippen molar-refractivity contribution in [2.24, 2.45) is 0 Å². The van der Waals surface area contributed by atoms with Gasteiger partial charge in [0.05, 0.1) is 6.07 Å².